The average molecular weight is 430 g/mol. The lowest BCUT2D eigenvalue weighted by Gasteiger charge is -2.09. The SMILES string of the molecule is NC(=O)CNC(=O)Nc1cccc(NC(=O)c2cc3ccc(Br)cc3[nH]2)c1. The number of aromatic amines is 1. The Balaban J connectivity index is 1.68. The quantitative estimate of drug-likeness (QED) is 0.427. The number of amides is 4. The number of fused-ring (bicyclic) bond motifs is 1. The molecular weight excluding hydrogens is 414 g/mol. The molecule has 0 spiro atoms. The molecule has 0 saturated heterocycles. The van der Waals surface area contributed by atoms with Gasteiger partial charge in [-0.15, -0.1) is 0 Å². The molecule has 0 fully saturated rings. The second-order valence-corrected chi connectivity index (χ2v) is 6.64. The van der Waals surface area contributed by atoms with E-state index in [9.17, 15) is 14.4 Å². The zero-order valence-electron chi connectivity index (χ0n) is 14.0. The van der Waals surface area contributed by atoms with E-state index in [2.05, 4.69) is 36.9 Å². The molecule has 1 aromatic heterocycles. The maximum atomic E-state index is 12.5. The van der Waals surface area contributed by atoms with Crippen molar-refractivity contribution in [1.82, 2.24) is 10.3 Å². The van der Waals surface area contributed by atoms with Gasteiger partial charge in [0, 0.05) is 26.8 Å². The second-order valence-electron chi connectivity index (χ2n) is 5.72. The highest BCUT2D eigenvalue weighted by atomic mass is 79.9. The van der Waals surface area contributed by atoms with E-state index in [0.717, 1.165) is 15.4 Å². The van der Waals surface area contributed by atoms with Gasteiger partial charge in [0.25, 0.3) is 5.91 Å². The topological polar surface area (TPSA) is 129 Å². The summed E-state index contributed by atoms with van der Waals surface area (Å²) in [6.07, 6.45) is 0. The molecule has 6 N–H and O–H groups in total. The Hall–Kier alpha value is -3.33. The Morgan fingerprint density at radius 2 is 1.74 bits per heavy atom. The molecule has 0 unspecified atom stereocenters. The maximum Gasteiger partial charge on any atom is 0.319 e. The van der Waals surface area contributed by atoms with E-state index in [1.807, 2.05) is 18.2 Å². The van der Waals surface area contributed by atoms with Crippen molar-refractivity contribution in [3.8, 4) is 0 Å². The lowest BCUT2D eigenvalue weighted by molar-refractivity contribution is -0.117. The summed E-state index contributed by atoms with van der Waals surface area (Å²) in [6.45, 7) is -0.265. The minimum absolute atomic E-state index is 0.265. The first-order chi connectivity index (χ1) is 12.9. The number of aromatic nitrogens is 1. The van der Waals surface area contributed by atoms with Crippen molar-refractivity contribution in [3.05, 3.63) is 58.7 Å². The second kappa shape index (κ2) is 7.92. The van der Waals surface area contributed by atoms with E-state index in [0.29, 0.717) is 17.1 Å². The summed E-state index contributed by atoms with van der Waals surface area (Å²) in [5.41, 5.74) is 7.19. The number of halogens is 1. The number of rotatable bonds is 5. The zero-order chi connectivity index (χ0) is 19.4. The number of hydrogen-bond acceptors (Lipinski definition) is 3. The standard InChI is InChI=1S/C18H16BrN5O3/c19-11-5-4-10-6-15(24-14(10)7-11)17(26)22-12-2-1-3-13(8-12)23-18(27)21-9-16(20)25/h1-8,24H,9H2,(H2,20,25)(H,22,26)(H2,21,23,27). The third-order valence-electron chi connectivity index (χ3n) is 3.63. The van der Waals surface area contributed by atoms with Crippen LogP contribution in [-0.4, -0.2) is 29.4 Å². The number of nitrogens with two attached hydrogens (primary N) is 1. The van der Waals surface area contributed by atoms with Crippen LogP contribution in [0.2, 0.25) is 0 Å². The molecule has 0 aliphatic heterocycles. The molecule has 0 radical (unpaired) electrons. The molecule has 4 amide bonds. The predicted octanol–water partition coefficient (Wildman–Crippen LogP) is 2.79. The molecule has 0 aliphatic carbocycles. The number of carbonyl (C=O) groups is 3. The van der Waals surface area contributed by atoms with Gasteiger partial charge in [0.15, 0.2) is 0 Å². The van der Waals surface area contributed by atoms with Crippen LogP contribution in [-0.2, 0) is 4.79 Å². The van der Waals surface area contributed by atoms with Gasteiger partial charge in [-0.25, -0.2) is 4.79 Å². The summed E-state index contributed by atoms with van der Waals surface area (Å²) in [5.74, 6) is -0.950. The number of benzene rings is 2. The third-order valence-corrected chi connectivity index (χ3v) is 4.12. The van der Waals surface area contributed by atoms with Crippen LogP contribution in [0.25, 0.3) is 10.9 Å². The van der Waals surface area contributed by atoms with Gasteiger partial charge in [-0.2, -0.15) is 0 Å². The highest BCUT2D eigenvalue weighted by molar-refractivity contribution is 9.10. The number of hydrogen-bond donors (Lipinski definition) is 5. The van der Waals surface area contributed by atoms with Gasteiger partial charge < -0.3 is 26.7 Å². The Bertz CT molecular complexity index is 1030. The van der Waals surface area contributed by atoms with Crippen molar-refractivity contribution >= 4 is 56.1 Å². The molecule has 138 valence electrons. The number of H-pyrrole nitrogens is 1. The molecule has 0 saturated carbocycles. The van der Waals surface area contributed by atoms with E-state index in [1.165, 1.54) is 0 Å². The summed E-state index contributed by atoms with van der Waals surface area (Å²) in [6, 6.07) is 13.5. The van der Waals surface area contributed by atoms with Gasteiger partial charge >= 0.3 is 6.03 Å². The zero-order valence-corrected chi connectivity index (χ0v) is 15.6. The van der Waals surface area contributed by atoms with Crippen molar-refractivity contribution in [3.63, 3.8) is 0 Å². The smallest absolute Gasteiger partial charge is 0.319 e. The van der Waals surface area contributed by atoms with Gasteiger partial charge in [-0.1, -0.05) is 28.1 Å². The van der Waals surface area contributed by atoms with E-state index < -0.39 is 11.9 Å². The summed E-state index contributed by atoms with van der Waals surface area (Å²) in [5, 5.41) is 8.56. The first kappa shape index (κ1) is 18.5. The summed E-state index contributed by atoms with van der Waals surface area (Å²) in [4.78, 5) is 37.9. The lowest BCUT2D eigenvalue weighted by atomic mass is 10.2. The van der Waals surface area contributed by atoms with Crippen LogP contribution in [0, 0.1) is 0 Å². The summed E-state index contributed by atoms with van der Waals surface area (Å²) in [7, 11) is 0. The molecule has 8 nitrogen and oxygen atoms in total. The lowest BCUT2D eigenvalue weighted by Crippen LogP contribution is -2.36. The van der Waals surface area contributed by atoms with Crippen molar-refractivity contribution in [1.29, 1.82) is 0 Å². The number of primary amides is 1. The van der Waals surface area contributed by atoms with Crippen LogP contribution in [0.4, 0.5) is 16.2 Å². The van der Waals surface area contributed by atoms with Gasteiger partial charge in [-0.05, 0) is 36.4 Å². The first-order valence-corrected chi connectivity index (χ1v) is 8.73. The molecule has 0 atom stereocenters. The minimum Gasteiger partial charge on any atom is -0.368 e. The van der Waals surface area contributed by atoms with Gasteiger partial charge in [0.1, 0.15) is 5.69 Å². The van der Waals surface area contributed by atoms with E-state index in [4.69, 9.17) is 5.73 Å². The molecule has 3 aromatic rings. The van der Waals surface area contributed by atoms with Crippen LogP contribution < -0.4 is 21.7 Å². The van der Waals surface area contributed by atoms with Gasteiger partial charge in [0.2, 0.25) is 5.91 Å². The van der Waals surface area contributed by atoms with Crippen LogP contribution in [0.3, 0.4) is 0 Å². The van der Waals surface area contributed by atoms with E-state index in [1.54, 1.807) is 30.3 Å². The predicted molar refractivity (Wildman–Crippen MR) is 107 cm³/mol. The number of carbonyl (C=O) groups excluding carboxylic acids is 3. The molecule has 2 aromatic carbocycles. The van der Waals surface area contributed by atoms with Crippen molar-refractivity contribution < 1.29 is 14.4 Å². The van der Waals surface area contributed by atoms with E-state index in [-0.39, 0.29) is 12.5 Å². The third kappa shape index (κ3) is 4.85. The highest BCUT2D eigenvalue weighted by Gasteiger charge is 2.11. The fourth-order valence-corrected chi connectivity index (χ4v) is 2.80. The number of anilines is 2. The molecule has 1 heterocycles. The van der Waals surface area contributed by atoms with Crippen LogP contribution in [0.15, 0.2) is 53.0 Å². The average Bonchev–Trinajstić information content (AvgIpc) is 3.03. The van der Waals surface area contributed by atoms with Crippen molar-refractivity contribution in [2.45, 2.75) is 0 Å². The maximum absolute atomic E-state index is 12.5. The molecule has 0 bridgehead atoms. The molecule has 27 heavy (non-hydrogen) atoms. The van der Waals surface area contributed by atoms with Crippen LogP contribution >= 0.6 is 15.9 Å². The van der Waals surface area contributed by atoms with Gasteiger partial charge in [-0.3, -0.25) is 9.59 Å². The number of urea groups is 1. The fourth-order valence-electron chi connectivity index (χ4n) is 2.44. The normalized spacial score (nSPS) is 10.4. The fraction of sp³-hybridized carbons (Fsp3) is 0.0556. The van der Waals surface area contributed by atoms with Crippen molar-refractivity contribution in [2.24, 2.45) is 5.73 Å². The molecule has 3 rings (SSSR count). The monoisotopic (exact) mass is 429 g/mol. The molecular formula is C18H16BrN5O3. The Kier molecular flexibility index (Phi) is 5.41. The van der Waals surface area contributed by atoms with E-state index >= 15 is 0 Å². The summed E-state index contributed by atoms with van der Waals surface area (Å²) >= 11 is 3.39. The largest absolute Gasteiger partial charge is 0.368 e. The van der Waals surface area contributed by atoms with Crippen molar-refractivity contribution in [2.75, 3.05) is 17.2 Å². The number of nitrogens with one attached hydrogen (secondary N) is 4. The highest BCUT2D eigenvalue weighted by Crippen LogP contribution is 2.21. The van der Waals surface area contributed by atoms with Gasteiger partial charge in [0.05, 0.1) is 6.54 Å². The van der Waals surface area contributed by atoms with Crippen LogP contribution in [0.5, 0.6) is 0 Å². The molecule has 9 heteroatoms. The Morgan fingerprint density at radius 1 is 1.00 bits per heavy atom. The Labute approximate surface area is 162 Å². The minimum atomic E-state index is -0.642. The summed E-state index contributed by atoms with van der Waals surface area (Å²) < 4.78 is 0.914. The van der Waals surface area contributed by atoms with Crippen LogP contribution in [0.1, 0.15) is 10.5 Å². The Morgan fingerprint density at radius 3 is 2.48 bits per heavy atom. The molecule has 0 aliphatic rings. The first-order valence-electron chi connectivity index (χ1n) is 7.93.